The minimum atomic E-state index is 0.261. The van der Waals surface area contributed by atoms with E-state index < -0.39 is 0 Å². The van der Waals surface area contributed by atoms with Gasteiger partial charge in [-0.15, -0.1) is 0 Å². The van der Waals surface area contributed by atoms with E-state index >= 15 is 0 Å². The Bertz CT molecular complexity index is 129. The fourth-order valence-corrected chi connectivity index (χ4v) is 1.34. The van der Waals surface area contributed by atoms with Gasteiger partial charge in [0.05, 0.1) is 0 Å². The molecule has 0 fully saturated rings. The second-order valence-corrected chi connectivity index (χ2v) is 3.75. The molecule has 0 aliphatic rings. The van der Waals surface area contributed by atoms with Crippen LogP contribution < -0.4 is 0 Å². The van der Waals surface area contributed by atoms with Gasteiger partial charge in [-0.3, -0.25) is 4.79 Å². The molecule has 0 aromatic carbocycles. The van der Waals surface area contributed by atoms with E-state index in [0.29, 0.717) is 5.78 Å². The van der Waals surface area contributed by atoms with Crippen LogP contribution in [0, 0.1) is 11.8 Å². The number of carbonyl (C=O) groups is 1. The van der Waals surface area contributed by atoms with Gasteiger partial charge < -0.3 is 0 Å². The summed E-state index contributed by atoms with van der Waals surface area (Å²) >= 11 is 0. The largest absolute Gasteiger partial charge is 0.299 e. The molecular weight excluding hydrogens is 148 g/mol. The maximum Gasteiger partial charge on any atom is 0.138 e. The Hall–Kier alpha value is -0.330. The predicted octanol–water partition coefficient (Wildman–Crippen LogP) is 3.43. The van der Waals surface area contributed by atoms with Crippen molar-refractivity contribution < 1.29 is 4.79 Å². The maximum atomic E-state index is 11.6. The zero-order valence-electron chi connectivity index (χ0n) is 8.89. The zero-order valence-corrected chi connectivity index (χ0v) is 8.89. The topological polar surface area (TPSA) is 17.1 Å². The maximum absolute atomic E-state index is 11.6. The average Bonchev–Trinajstić information content (AvgIpc) is 2.11. The van der Waals surface area contributed by atoms with Crippen molar-refractivity contribution >= 4 is 5.78 Å². The number of carbonyl (C=O) groups excluding carboxylic acids is 1. The van der Waals surface area contributed by atoms with Crippen molar-refractivity contribution in [3.63, 3.8) is 0 Å². The van der Waals surface area contributed by atoms with Gasteiger partial charge in [0.15, 0.2) is 0 Å². The summed E-state index contributed by atoms with van der Waals surface area (Å²) in [7, 11) is 0. The molecule has 0 saturated carbocycles. The summed E-state index contributed by atoms with van der Waals surface area (Å²) in [5.41, 5.74) is 0. The summed E-state index contributed by atoms with van der Waals surface area (Å²) in [4.78, 5) is 11.6. The Morgan fingerprint density at radius 1 is 1.17 bits per heavy atom. The molecule has 0 amide bonds. The number of Topliss-reactive ketones (excluding diaryl/α,β-unsaturated/α-hetero) is 1. The standard InChI is InChI=1S/C11H22O/c1-5-7-8-10(4)11(12)9(3)6-2/h9-10H,5-8H2,1-4H3. The molecule has 0 rings (SSSR count). The van der Waals surface area contributed by atoms with Gasteiger partial charge in [0.1, 0.15) is 5.78 Å². The van der Waals surface area contributed by atoms with Crippen molar-refractivity contribution in [1.82, 2.24) is 0 Å². The molecule has 2 atom stereocenters. The minimum Gasteiger partial charge on any atom is -0.299 e. The quantitative estimate of drug-likeness (QED) is 0.597. The molecule has 1 nitrogen and oxygen atoms in total. The Balaban J connectivity index is 3.75. The summed E-state index contributed by atoms with van der Waals surface area (Å²) in [6.07, 6.45) is 4.43. The van der Waals surface area contributed by atoms with E-state index in [2.05, 4.69) is 20.8 Å². The third kappa shape index (κ3) is 3.89. The van der Waals surface area contributed by atoms with Crippen LogP contribution in [0.2, 0.25) is 0 Å². The summed E-state index contributed by atoms with van der Waals surface area (Å²) in [5, 5.41) is 0. The van der Waals surface area contributed by atoms with E-state index in [1.54, 1.807) is 0 Å². The highest BCUT2D eigenvalue weighted by molar-refractivity contribution is 5.82. The van der Waals surface area contributed by atoms with E-state index in [-0.39, 0.29) is 11.8 Å². The fourth-order valence-electron chi connectivity index (χ4n) is 1.34. The third-order valence-corrected chi connectivity index (χ3v) is 2.57. The van der Waals surface area contributed by atoms with Crippen LogP contribution in [0.4, 0.5) is 0 Å². The third-order valence-electron chi connectivity index (χ3n) is 2.57. The lowest BCUT2D eigenvalue weighted by Gasteiger charge is -2.13. The molecule has 0 aliphatic heterocycles. The molecule has 1 heteroatoms. The van der Waals surface area contributed by atoms with Gasteiger partial charge in [0, 0.05) is 11.8 Å². The molecule has 0 heterocycles. The summed E-state index contributed by atoms with van der Waals surface area (Å²) in [5.74, 6) is 0.989. The summed E-state index contributed by atoms with van der Waals surface area (Å²) in [6, 6.07) is 0. The second kappa shape index (κ2) is 6.22. The summed E-state index contributed by atoms with van der Waals surface area (Å²) < 4.78 is 0. The van der Waals surface area contributed by atoms with Gasteiger partial charge in [-0.2, -0.15) is 0 Å². The van der Waals surface area contributed by atoms with Crippen LogP contribution in [-0.4, -0.2) is 5.78 Å². The van der Waals surface area contributed by atoms with Crippen molar-refractivity contribution in [2.75, 3.05) is 0 Å². The minimum absolute atomic E-state index is 0.261. The first-order valence-electron chi connectivity index (χ1n) is 5.17. The SMILES string of the molecule is CCCCC(C)C(=O)C(C)CC. The highest BCUT2D eigenvalue weighted by atomic mass is 16.1. The lowest BCUT2D eigenvalue weighted by Crippen LogP contribution is -2.18. The Morgan fingerprint density at radius 2 is 1.75 bits per heavy atom. The molecule has 12 heavy (non-hydrogen) atoms. The number of unbranched alkanes of at least 4 members (excludes halogenated alkanes) is 1. The van der Waals surface area contributed by atoms with Gasteiger partial charge in [0.25, 0.3) is 0 Å². The van der Waals surface area contributed by atoms with Gasteiger partial charge in [0.2, 0.25) is 0 Å². The normalized spacial score (nSPS) is 15.7. The zero-order chi connectivity index (χ0) is 9.56. The van der Waals surface area contributed by atoms with E-state index in [9.17, 15) is 4.79 Å². The molecule has 0 radical (unpaired) electrons. The van der Waals surface area contributed by atoms with Crippen molar-refractivity contribution in [2.45, 2.75) is 53.4 Å². The lowest BCUT2D eigenvalue weighted by atomic mass is 9.90. The van der Waals surface area contributed by atoms with Gasteiger partial charge in [-0.05, 0) is 12.8 Å². The monoisotopic (exact) mass is 170 g/mol. The number of ketones is 1. The van der Waals surface area contributed by atoms with Gasteiger partial charge in [-0.25, -0.2) is 0 Å². The molecule has 0 aromatic heterocycles. The van der Waals surface area contributed by atoms with E-state index in [0.717, 1.165) is 12.8 Å². The van der Waals surface area contributed by atoms with Crippen LogP contribution in [0.5, 0.6) is 0 Å². The number of hydrogen-bond acceptors (Lipinski definition) is 1. The molecule has 72 valence electrons. The highest BCUT2D eigenvalue weighted by Crippen LogP contribution is 2.15. The van der Waals surface area contributed by atoms with Crippen molar-refractivity contribution in [3.05, 3.63) is 0 Å². The van der Waals surface area contributed by atoms with Crippen LogP contribution in [0.3, 0.4) is 0 Å². The first-order valence-corrected chi connectivity index (χ1v) is 5.17. The van der Waals surface area contributed by atoms with Crippen molar-refractivity contribution in [2.24, 2.45) is 11.8 Å². The molecule has 0 aliphatic carbocycles. The first-order chi connectivity index (χ1) is 5.63. The van der Waals surface area contributed by atoms with Crippen LogP contribution in [0.1, 0.15) is 53.4 Å². The lowest BCUT2D eigenvalue weighted by molar-refractivity contribution is -0.126. The summed E-state index contributed by atoms with van der Waals surface area (Å²) in [6.45, 7) is 8.34. The second-order valence-electron chi connectivity index (χ2n) is 3.75. The molecule has 0 bridgehead atoms. The molecule has 0 saturated heterocycles. The number of rotatable bonds is 6. The van der Waals surface area contributed by atoms with E-state index in [1.165, 1.54) is 12.8 Å². The Labute approximate surface area is 76.6 Å². The predicted molar refractivity (Wildman–Crippen MR) is 53.2 cm³/mol. The fraction of sp³-hybridized carbons (Fsp3) is 0.909. The Morgan fingerprint density at radius 3 is 2.17 bits per heavy atom. The van der Waals surface area contributed by atoms with Gasteiger partial charge in [-0.1, -0.05) is 40.5 Å². The van der Waals surface area contributed by atoms with Crippen LogP contribution >= 0.6 is 0 Å². The molecule has 0 aromatic rings. The van der Waals surface area contributed by atoms with Crippen LogP contribution in [0.15, 0.2) is 0 Å². The van der Waals surface area contributed by atoms with Crippen molar-refractivity contribution in [3.8, 4) is 0 Å². The molecule has 0 spiro atoms. The molecule has 2 unspecified atom stereocenters. The van der Waals surface area contributed by atoms with E-state index in [4.69, 9.17) is 0 Å². The van der Waals surface area contributed by atoms with E-state index in [1.807, 2.05) is 6.92 Å². The number of hydrogen-bond donors (Lipinski definition) is 0. The molecule has 0 N–H and O–H groups in total. The average molecular weight is 170 g/mol. The van der Waals surface area contributed by atoms with Crippen molar-refractivity contribution in [1.29, 1.82) is 0 Å². The molecular formula is C11H22O. The van der Waals surface area contributed by atoms with Crippen LogP contribution in [0.25, 0.3) is 0 Å². The highest BCUT2D eigenvalue weighted by Gasteiger charge is 2.17. The smallest absolute Gasteiger partial charge is 0.138 e. The first kappa shape index (κ1) is 11.7. The van der Waals surface area contributed by atoms with Crippen LogP contribution in [-0.2, 0) is 4.79 Å². The Kier molecular flexibility index (Phi) is 6.04. The van der Waals surface area contributed by atoms with Gasteiger partial charge >= 0.3 is 0 Å².